The van der Waals surface area contributed by atoms with Crippen LogP contribution in [0.15, 0.2) is 60.7 Å². The molecule has 0 atom stereocenters. The van der Waals surface area contributed by atoms with Gasteiger partial charge >= 0.3 is 103 Å². The Morgan fingerprint density at radius 2 is 1.12 bits per heavy atom. The van der Waals surface area contributed by atoms with Crippen molar-refractivity contribution in [2.45, 2.75) is 123 Å². The van der Waals surface area contributed by atoms with E-state index < -0.39 is 0 Å². The van der Waals surface area contributed by atoms with Crippen LogP contribution in [0.25, 0.3) is 21.5 Å². The molecule has 0 saturated heterocycles. The molecule has 42 heavy (non-hydrogen) atoms. The van der Waals surface area contributed by atoms with Crippen LogP contribution in [-0.4, -0.2) is 3.21 Å². The normalized spacial score (nSPS) is 17.5. The number of fused-ring (bicyclic) bond motifs is 3. The molecule has 3 aromatic carbocycles. The van der Waals surface area contributed by atoms with E-state index in [2.05, 4.69) is 96.2 Å². The van der Waals surface area contributed by atoms with Crippen LogP contribution in [0.3, 0.4) is 0 Å². The fraction of sp³-hybridized carbons (Fsp3) is 0.538. The molecular formula is C39H52Cl2Zr-2. The van der Waals surface area contributed by atoms with Gasteiger partial charge in [0.05, 0.1) is 0 Å². The van der Waals surface area contributed by atoms with Gasteiger partial charge in [-0.25, -0.2) is 12.2 Å². The second kappa shape index (κ2) is 17.0. The van der Waals surface area contributed by atoms with Gasteiger partial charge < -0.3 is 24.8 Å². The van der Waals surface area contributed by atoms with E-state index >= 15 is 0 Å². The van der Waals surface area contributed by atoms with Gasteiger partial charge in [0.2, 0.25) is 0 Å². The van der Waals surface area contributed by atoms with Gasteiger partial charge in [0.15, 0.2) is 0 Å². The first-order chi connectivity index (χ1) is 19.0. The molecule has 0 nitrogen and oxygen atoms in total. The minimum atomic E-state index is 0. The van der Waals surface area contributed by atoms with Crippen molar-refractivity contribution in [1.82, 2.24) is 0 Å². The van der Waals surface area contributed by atoms with Crippen LogP contribution in [0.2, 0.25) is 0 Å². The van der Waals surface area contributed by atoms with E-state index in [1.54, 1.807) is 24.2 Å². The first-order valence-electron chi connectivity index (χ1n) is 16.0. The van der Waals surface area contributed by atoms with Crippen LogP contribution >= 0.6 is 0 Å². The molecule has 3 aromatic rings. The molecule has 0 unspecified atom stereocenters. The summed E-state index contributed by atoms with van der Waals surface area (Å²) in [6.07, 6.45) is 25.1. The summed E-state index contributed by atoms with van der Waals surface area (Å²) in [5, 5.41) is 5.49. The Labute approximate surface area is 284 Å². The van der Waals surface area contributed by atoms with Gasteiger partial charge in [0.1, 0.15) is 0 Å². The molecule has 0 bridgehead atoms. The van der Waals surface area contributed by atoms with Crippen molar-refractivity contribution in [3.8, 4) is 0 Å². The second-order valence-corrected chi connectivity index (χ2v) is 15.8. The van der Waals surface area contributed by atoms with E-state index in [1.165, 1.54) is 96.9 Å². The van der Waals surface area contributed by atoms with Gasteiger partial charge in [-0.2, -0.15) is 6.08 Å². The third-order valence-corrected chi connectivity index (χ3v) is 11.1. The van der Waals surface area contributed by atoms with Crippen LogP contribution in [0, 0.1) is 17.9 Å². The molecule has 0 amide bonds. The molecule has 6 rings (SSSR count). The first kappa shape index (κ1) is 37.3. The fourth-order valence-electron chi connectivity index (χ4n) is 6.43. The van der Waals surface area contributed by atoms with Crippen LogP contribution in [0.1, 0.15) is 123 Å². The third kappa shape index (κ3) is 10.3. The van der Waals surface area contributed by atoms with Crippen molar-refractivity contribution in [2.75, 3.05) is 0 Å². The molecule has 3 aliphatic carbocycles. The summed E-state index contributed by atoms with van der Waals surface area (Å²) in [6.45, 7) is 13.7. The van der Waals surface area contributed by atoms with Crippen molar-refractivity contribution in [3.05, 3.63) is 77.9 Å². The number of benzene rings is 2. The fourth-order valence-corrected chi connectivity index (χ4v) is 7.85. The van der Waals surface area contributed by atoms with Crippen molar-refractivity contribution in [1.29, 1.82) is 0 Å². The summed E-state index contributed by atoms with van der Waals surface area (Å²) in [7, 11) is 0. The van der Waals surface area contributed by atoms with Crippen molar-refractivity contribution < 1.29 is 49.0 Å². The molecule has 2 saturated carbocycles. The minimum absolute atomic E-state index is 0. The predicted octanol–water partition coefficient (Wildman–Crippen LogP) is 5.49. The summed E-state index contributed by atoms with van der Waals surface area (Å²) in [6, 6.07) is 16.1. The molecule has 2 fully saturated rings. The third-order valence-electron chi connectivity index (χ3n) is 9.12. The summed E-state index contributed by atoms with van der Waals surface area (Å²) < 4.78 is 1.97. The zero-order valence-electron chi connectivity index (χ0n) is 27.0. The summed E-state index contributed by atoms with van der Waals surface area (Å²) in [4.78, 5) is 0. The molecule has 3 aliphatic rings. The van der Waals surface area contributed by atoms with Crippen molar-refractivity contribution in [2.24, 2.45) is 11.8 Å². The van der Waals surface area contributed by atoms with Gasteiger partial charge in [-0.15, -0.1) is 46.2 Å². The SMILES string of the molecule is CC(C)(C)c1ccc2[cH-]c3ccc(C(C)(C)C)cc3c2c1.[C-]1=CC=CC1.[Cl-].[Cl-].[Zr+2]=[C](C1CCCCC1)C1CCCCC1. The van der Waals surface area contributed by atoms with E-state index in [0.29, 0.717) is 0 Å². The molecule has 0 aliphatic heterocycles. The summed E-state index contributed by atoms with van der Waals surface area (Å²) in [5.41, 5.74) is 3.20. The van der Waals surface area contributed by atoms with Crippen LogP contribution in [0.5, 0.6) is 0 Å². The zero-order valence-corrected chi connectivity index (χ0v) is 30.9. The molecule has 0 radical (unpaired) electrons. The monoisotopic (exact) mass is 680 g/mol. The predicted molar refractivity (Wildman–Crippen MR) is 174 cm³/mol. The number of hydrogen-bond donors (Lipinski definition) is 0. The molecule has 228 valence electrons. The van der Waals surface area contributed by atoms with Gasteiger partial charge in [0.25, 0.3) is 0 Å². The van der Waals surface area contributed by atoms with Gasteiger partial charge in [0, 0.05) is 0 Å². The Morgan fingerprint density at radius 3 is 1.43 bits per heavy atom. The standard InChI is InChI=1S/C21H25.C13H22.C5H5.2ClH.Zr/c1-20(2,3)16-9-7-14-11-15-8-10-17(21(4,5)6)13-19(15)18(14)12-16;1-3-7-12(8-4-1)11-13-9-5-2-6-10-13;1-2-4-5-3-1;;;/h7-13H,1-6H3;12-13H,1-10H2;1-3H,4H2;2*1H;/q-1;;-1;;;+2/p-2. The summed E-state index contributed by atoms with van der Waals surface area (Å²) >= 11 is 1.77. The average Bonchev–Trinajstić information content (AvgIpc) is 3.64. The molecule has 0 N–H and O–H groups in total. The maximum absolute atomic E-state index is 2.99. The second-order valence-electron chi connectivity index (χ2n) is 14.4. The molecular weight excluding hydrogens is 631 g/mol. The molecule has 0 aromatic heterocycles. The van der Waals surface area contributed by atoms with E-state index in [9.17, 15) is 0 Å². The quantitative estimate of drug-likeness (QED) is 0.314. The average molecular weight is 683 g/mol. The molecule has 0 spiro atoms. The zero-order chi connectivity index (χ0) is 28.8. The van der Waals surface area contributed by atoms with Crippen molar-refractivity contribution in [3.63, 3.8) is 0 Å². The van der Waals surface area contributed by atoms with Gasteiger partial charge in [-0.05, 0) is 10.8 Å². The van der Waals surface area contributed by atoms with E-state index in [4.69, 9.17) is 0 Å². The van der Waals surface area contributed by atoms with E-state index in [1.807, 2.05) is 15.4 Å². The number of hydrogen-bond acceptors (Lipinski definition) is 0. The summed E-state index contributed by atoms with van der Waals surface area (Å²) in [5.74, 6) is 2.09. The van der Waals surface area contributed by atoms with E-state index in [-0.39, 0.29) is 35.6 Å². The molecule has 3 heteroatoms. The first-order valence-corrected chi connectivity index (χ1v) is 17.2. The Kier molecular flexibility index (Phi) is 15.1. The van der Waals surface area contributed by atoms with Crippen LogP contribution in [0.4, 0.5) is 0 Å². The maximum atomic E-state index is 2.99. The van der Waals surface area contributed by atoms with Crippen LogP contribution < -0.4 is 24.8 Å². The number of allylic oxidation sites excluding steroid dienone is 4. The van der Waals surface area contributed by atoms with Gasteiger partial charge in [-0.3, -0.25) is 6.08 Å². The number of halogens is 2. The molecule has 0 heterocycles. The van der Waals surface area contributed by atoms with Gasteiger partial charge in [-0.1, -0.05) is 76.9 Å². The topological polar surface area (TPSA) is 0 Å². The Bertz CT molecular complexity index is 1220. The van der Waals surface area contributed by atoms with Crippen LogP contribution in [-0.2, 0) is 35.1 Å². The Morgan fingerprint density at radius 1 is 0.690 bits per heavy atom. The Hall–Kier alpha value is -0.877. The van der Waals surface area contributed by atoms with E-state index in [0.717, 1.165) is 18.3 Å². The number of rotatable bonds is 2. The van der Waals surface area contributed by atoms with Crippen molar-refractivity contribution >= 4 is 24.8 Å². The Balaban J connectivity index is 0.000000253.